The molecule has 1 aromatic heterocycles. The van der Waals surface area contributed by atoms with E-state index in [0.717, 1.165) is 18.9 Å². The van der Waals surface area contributed by atoms with Gasteiger partial charge in [0.05, 0.1) is 6.04 Å². The average molecular weight is 261 g/mol. The normalized spacial score (nSPS) is 28.0. The minimum atomic E-state index is 0.190. The summed E-state index contributed by atoms with van der Waals surface area (Å²) in [4.78, 5) is 6.74. The van der Waals surface area contributed by atoms with E-state index in [1.165, 1.54) is 18.4 Å². The Morgan fingerprint density at radius 1 is 1.37 bits per heavy atom. The maximum Gasteiger partial charge on any atom is 0.0503 e. The molecule has 0 bridgehead atoms. The molecule has 3 heteroatoms. The Morgan fingerprint density at radius 2 is 2.05 bits per heavy atom. The van der Waals surface area contributed by atoms with Crippen LogP contribution in [0.2, 0.25) is 0 Å². The number of hydrogen-bond acceptors (Lipinski definition) is 3. The summed E-state index contributed by atoms with van der Waals surface area (Å²) in [5.41, 5.74) is 7.74. The van der Waals surface area contributed by atoms with Crippen LogP contribution in [0.1, 0.15) is 51.6 Å². The smallest absolute Gasteiger partial charge is 0.0503 e. The number of rotatable bonds is 4. The Bertz CT molecular complexity index is 379. The number of pyridine rings is 1. The monoisotopic (exact) mass is 261 g/mol. The third kappa shape index (κ3) is 3.15. The lowest BCUT2D eigenvalue weighted by Gasteiger charge is -2.45. The molecule has 1 aliphatic rings. The van der Waals surface area contributed by atoms with Gasteiger partial charge in [0.15, 0.2) is 0 Å². The molecule has 1 aliphatic heterocycles. The van der Waals surface area contributed by atoms with Crippen LogP contribution in [0.25, 0.3) is 0 Å². The average Bonchev–Trinajstić information content (AvgIpc) is 2.44. The molecule has 0 spiro atoms. The highest BCUT2D eigenvalue weighted by atomic mass is 15.2. The number of nitrogens with two attached hydrogens (primary N) is 1. The maximum absolute atomic E-state index is 6.43. The van der Waals surface area contributed by atoms with Crippen LogP contribution in [0.15, 0.2) is 24.5 Å². The SMILES string of the molecule is CCC(N)C(c1ccncc1)N1CCCC(C)C1C. The van der Waals surface area contributed by atoms with Crippen molar-refractivity contribution in [2.24, 2.45) is 11.7 Å². The summed E-state index contributed by atoms with van der Waals surface area (Å²) in [7, 11) is 0. The third-order valence-electron chi connectivity index (χ3n) is 4.70. The molecular weight excluding hydrogens is 234 g/mol. The van der Waals surface area contributed by atoms with Crippen LogP contribution in [-0.4, -0.2) is 28.5 Å². The second-order valence-corrected chi connectivity index (χ2v) is 5.90. The van der Waals surface area contributed by atoms with E-state index in [0.29, 0.717) is 12.1 Å². The number of likely N-dealkylation sites (tertiary alicyclic amines) is 1. The fourth-order valence-corrected chi connectivity index (χ4v) is 3.23. The van der Waals surface area contributed by atoms with Gasteiger partial charge in [-0.15, -0.1) is 0 Å². The van der Waals surface area contributed by atoms with Crippen molar-refractivity contribution in [3.8, 4) is 0 Å². The van der Waals surface area contributed by atoms with Crippen LogP contribution < -0.4 is 5.73 Å². The van der Waals surface area contributed by atoms with Crippen molar-refractivity contribution >= 4 is 0 Å². The van der Waals surface area contributed by atoms with Gasteiger partial charge in [0.2, 0.25) is 0 Å². The number of piperidine rings is 1. The van der Waals surface area contributed by atoms with E-state index in [1.54, 1.807) is 0 Å². The minimum absolute atomic E-state index is 0.190. The lowest BCUT2D eigenvalue weighted by molar-refractivity contribution is 0.0546. The van der Waals surface area contributed by atoms with Gasteiger partial charge in [-0.05, 0) is 56.3 Å². The second-order valence-electron chi connectivity index (χ2n) is 5.90. The highest BCUT2D eigenvalue weighted by Crippen LogP contribution is 2.33. The molecule has 2 N–H and O–H groups in total. The summed E-state index contributed by atoms with van der Waals surface area (Å²) in [6, 6.07) is 5.35. The largest absolute Gasteiger partial charge is 0.326 e. The highest BCUT2D eigenvalue weighted by molar-refractivity contribution is 5.18. The first kappa shape index (κ1) is 14.5. The van der Waals surface area contributed by atoms with Crippen LogP contribution in [0, 0.1) is 5.92 Å². The molecule has 1 aromatic rings. The van der Waals surface area contributed by atoms with E-state index in [9.17, 15) is 0 Å². The van der Waals surface area contributed by atoms with Crippen LogP contribution in [0.5, 0.6) is 0 Å². The molecule has 0 saturated carbocycles. The van der Waals surface area contributed by atoms with Gasteiger partial charge < -0.3 is 5.73 Å². The quantitative estimate of drug-likeness (QED) is 0.906. The molecule has 1 fully saturated rings. The molecule has 0 amide bonds. The number of hydrogen-bond donors (Lipinski definition) is 1. The van der Waals surface area contributed by atoms with E-state index in [-0.39, 0.29) is 6.04 Å². The first-order valence-corrected chi connectivity index (χ1v) is 7.56. The molecule has 1 saturated heterocycles. The van der Waals surface area contributed by atoms with Gasteiger partial charge in [-0.25, -0.2) is 0 Å². The van der Waals surface area contributed by atoms with Gasteiger partial charge in [0, 0.05) is 24.5 Å². The van der Waals surface area contributed by atoms with Gasteiger partial charge in [0.25, 0.3) is 0 Å². The lowest BCUT2D eigenvalue weighted by atomic mass is 9.87. The summed E-state index contributed by atoms with van der Waals surface area (Å²) in [5, 5.41) is 0. The van der Waals surface area contributed by atoms with Crippen molar-refractivity contribution in [1.29, 1.82) is 0 Å². The van der Waals surface area contributed by atoms with Crippen molar-refractivity contribution < 1.29 is 0 Å². The van der Waals surface area contributed by atoms with E-state index in [2.05, 4.69) is 42.8 Å². The van der Waals surface area contributed by atoms with Crippen LogP contribution in [0.4, 0.5) is 0 Å². The standard InChI is InChI=1S/C16H27N3/c1-4-15(17)16(14-7-9-18-10-8-14)19-11-5-6-12(2)13(19)3/h7-10,12-13,15-16H,4-6,11,17H2,1-3H3. The Labute approximate surface area is 117 Å². The molecule has 0 aromatic carbocycles. The molecule has 4 atom stereocenters. The van der Waals surface area contributed by atoms with Crippen LogP contribution >= 0.6 is 0 Å². The maximum atomic E-state index is 6.43. The predicted octanol–water partition coefficient (Wildman–Crippen LogP) is 2.98. The topological polar surface area (TPSA) is 42.1 Å². The van der Waals surface area contributed by atoms with Crippen molar-refractivity contribution in [3.05, 3.63) is 30.1 Å². The van der Waals surface area contributed by atoms with Crippen molar-refractivity contribution in [3.63, 3.8) is 0 Å². The summed E-state index contributed by atoms with van der Waals surface area (Å²) in [6.45, 7) is 8.04. The fraction of sp³-hybridized carbons (Fsp3) is 0.688. The van der Waals surface area contributed by atoms with Gasteiger partial charge in [-0.2, -0.15) is 0 Å². The van der Waals surface area contributed by atoms with Gasteiger partial charge in [0.1, 0.15) is 0 Å². The molecule has 0 radical (unpaired) electrons. The van der Waals surface area contributed by atoms with E-state index >= 15 is 0 Å². The number of aromatic nitrogens is 1. The zero-order valence-corrected chi connectivity index (χ0v) is 12.4. The van der Waals surface area contributed by atoms with Crippen LogP contribution in [-0.2, 0) is 0 Å². The molecule has 2 rings (SSSR count). The fourth-order valence-electron chi connectivity index (χ4n) is 3.23. The minimum Gasteiger partial charge on any atom is -0.326 e. The van der Waals surface area contributed by atoms with Gasteiger partial charge in [-0.1, -0.05) is 13.8 Å². The van der Waals surface area contributed by atoms with Crippen molar-refractivity contribution in [2.75, 3.05) is 6.54 Å². The molecule has 3 nitrogen and oxygen atoms in total. The van der Waals surface area contributed by atoms with Crippen molar-refractivity contribution in [2.45, 2.75) is 58.2 Å². The van der Waals surface area contributed by atoms with E-state index < -0.39 is 0 Å². The Balaban J connectivity index is 2.27. The molecule has 4 unspecified atom stereocenters. The first-order valence-electron chi connectivity index (χ1n) is 7.56. The Hall–Kier alpha value is -0.930. The third-order valence-corrected chi connectivity index (χ3v) is 4.70. The predicted molar refractivity (Wildman–Crippen MR) is 79.8 cm³/mol. The molecular formula is C16H27N3. The molecule has 19 heavy (non-hydrogen) atoms. The summed E-state index contributed by atoms with van der Waals surface area (Å²) in [5.74, 6) is 0.752. The van der Waals surface area contributed by atoms with Crippen molar-refractivity contribution in [1.82, 2.24) is 9.88 Å². The molecule has 106 valence electrons. The number of nitrogens with zero attached hydrogens (tertiary/aromatic N) is 2. The summed E-state index contributed by atoms with van der Waals surface area (Å²) < 4.78 is 0. The zero-order chi connectivity index (χ0) is 13.8. The van der Waals surface area contributed by atoms with E-state index in [1.807, 2.05) is 12.4 Å². The molecule has 2 heterocycles. The zero-order valence-electron chi connectivity index (χ0n) is 12.4. The Morgan fingerprint density at radius 3 is 2.68 bits per heavy atom. The van der Waals surface area contributed by atoms with E-state index in [4.69, 9.17) is 5.73 Å². The summed E-state index contributed by atoms with van der Waals surface area (Å²) >= 11 is 0. The van der Waals surface area contributed by atoms with Gasteiger partial charge >= 0.3 is 0 Å². The second kappa shape index (κ2) is 6.49. The molecule has 0 aliphatic carbocycles. The Kier molecular flexibility index (Phi) is 4.94. The van der Waals surface area contributed by atoms with Crippen LogP contribution in [0.3, 0.4) is 0 Å². The first-order chi connectivity index (χ1) is 9.15. The van der Waals surface area contributed by atoms with Gasteiger partial charge in [-0.3, -0.25) is 9.88 Å². The highest BCUT2D eigenvalue weighted by Gasteiger charge is 2.33. The summed E-state index contributed by atoms with van der Waals surface area (Å²) in [6.07, 6.45) is 7.38. The lowest BCUT2D eigenvalue weighted by Crippen LogP contribution is -2.49.